The van der Waals surface area contributed by atoms with Gasteiger partial charge in [0.1, 0.15) is 12.1 Å². The average Bonchev–Trinajstić information content (AvgIpc) is 2.83. The molecule has 1 spiro atoms. The number of nitrogens with one attached hydrogen (secondary N) is 1. The summed E-state index contributed by atoms with van der Waals surface area (Å²) < 4.78 is 0. The van der Waals surface area contributed by atoms with E-state index in [-0.39, 0.29) is 5.91 Å². The number of amides is 4. The third-order valence-electron chi connectivity index (χ3n) is 5.47. The number of aliphatic carboxylic acids is 1. The van der Waals surface area contributed by atoms with Crippen LogP contribution in [0.25, 0.3) is 0 Å². The van der Waals surface area contributed by atoms with Gasteiger partial charge in [-0.25, -0.2) is 9.59 Å². The SMILES string of the molecule is CN1C(=O)N(CC(=O)N[C@H](C(=O)O)c2ccccc2)C(=O)C12CCCCC2. The number of rotatable bonds is 5. The number of imide groups is 1. The normalized spacial score (nSPS) is 20.0. The zero-order chi connectivity index (χ0) is 19.6. The van der Waals surface area contributed by atoms with Crippen LogP contribution < -0.4 is 5.32 Å². The van der Waals surface area contributed by atoms with Gasteiger partial charge in [-0.3, -0.25) is 14.5 Å². The Morgan fingerprint density at radius 1 is 1.15 bits per heavy atom. The molecule has 0 bridgehead atoms. The number of nitrogens with zero attached hydrogens (tertiary/aromatic N) is 2. The molecule has 1 atom stereocenters. The van der Waals surface area contributed by atoms with Gasteiger partial charge in [0, 0.05) is 7.05 Å². The Morgan fingerprint density at radius 2 is 1.78 bits per heavy atom. The number of benzene rings is 1. The summed E-state index contributed by atoms with van der Waals surface area (Å²) in [7, 11) is 1.59. The fourth-order valence-electron chi connectivity index (χ4n) is 3.95. The van der Waals surface area contributed by atoms with Crippen LogP contribution in [-0.2, 0) is 14.4 Å². The maximum atomic E-state index is 12.9. The number of likely N-dealkylation sites (N-methyl/N-ethyl adjacent to an activating group) is 1. The summed E-state index contributed by atoms with van der Waals surface area (Å²) in [4.78, 5) is 51.8. The molecule has 1 aromatic carbocycles. The predicted molar refractivity (Wildman–Crippen MR) is 95.6 cm³/mol. The Morgan fingerprint density at radius 3 is 2.37 bits per heavy atom. The minimum absolute atomic E-state index is 0.364. The molecule has 4 amide bonds. The van der Waals surface area contributed by atoms with Gasteiger partial charge in [0.05, 0.1) is 0 Å². The van der Waals surface area contributed by atoms with Crippen LogP contribution in [0.5, 0.6) is 0 Å². The van der Waals surface area contributed by atoms with Crippen LogP contribution in [0.15, 0.2) is 30.3 Å². The summed E-state index contributed by atoms with van der Waals surface area (Å²) in [6.07, 6.45) is 3.92. The summed E-state index contributed by atoms with van der Waals surface area (Å²) in [6.45, 7) is -0.486. The third kappa shape index (κ3) is 3.39. The van der Waals surface area contributed by atoms with Gasteiger partial charge in [0.15, 0.2) is 6.04 Å². The topological polar surface area (TPSA) is 107 Å². The summed E-state index contributed by atoms with van der Waals surface area (Å²) in [6, 6.07) is 6.52. The summed E-state index contributed by atoms with van der Waals surface area (Å²) in [5.41, 5.74) is -0.445. The molecule has 2 N–H and O–H groups in total. The largest absolute Gasteiger partial charge is 0.479 e. The zero-order valence-electron chi connectivity index (χ0n) is 15.2. The van der Waals surface area contributed by atoms with Crippen molar-refractivity contribution in [3.05, 3.63) is 35.9 Å². The van der Waals surface area contributed by atoms with Gasteiger partial charge in [-0.2, -0.15) is 0 Å². The molecule has 1 saturated heterocycles. The van der Waals surface area contributed by atoms with E-state index >= 15 is 0 Å². The van der Waals surface area contributed by atoms with Gasteiger partial charge in [0.25, 0.3) is 5.91 Å². The van der Waals surface area contributed by atoms with Crippen LogP contribution >= 0.6 is 0 Å². The smallest absolute Gasteiger partial charge is 0.330 e. The van der Waals surface area contributed by atoms with Gasteiger partial charge in [-0.1, -0.05) is 49.6 Å². The zero-order valence-corrected chi connectivity index (χ0v) is 15.2. The van der Waals surface area contributed by atoms with E-state index in [0.29, 0.717) is 18.4 Å². The molecule has 1 aliphatic heterocycles. The van der Waals surface area contributed by atoms with E-state index in [1.807, 2.05) is 0 Å². The highest BCUT2D eigenvalue weighted by Gasteiger charge is 2.55. The Labute approximate surface area is 157 Å². The lowest BCUT2D eigenvalue weighted by molar-refractivity contribution is -0.142. The van der Waals surface area contributed by atoms with Crippen LogP contribution in [0.3, 0.4) is 0 Å². The molecular formula is C19H23N3O5. The molecule has 0 unspecified atom stereocenters. The van der Waals surface area contributed by atoms with Crippen molar-refractivity contribution < 1.29 is 24.3 Å². The summed E-state index contributed by atoms with van der Waals surface area (Å²) >= 11 is 0. The molecule has 8 heteroatoms. The molecule has 0 radical (unpaired) electrons. The minimum Gasteiger partial charge on any atom is -0.479 e. The lowest BCUT2D eigenvalue weighted by atomic mass is 9.81. The Kier molecular flexibility index (Phi) is 5.16. The van der Waals surface area contributed by atoms with E-state index in [4.69, 9.17) is 0 Å². The fraction of sp³-hybridized carbons (Fsp3) is 0.474. The van der Waals surface area contributed by atoms with E-state index in [0.717, 1.165) is 24.2 Å². The van der Waals surface area contributed by atoms with Gasteiger partial charge in [-0.05, 0) is 18.4 Å². The molecule has 2 aliphatic rings. The van der Waals surface area contributed by atoms with Gasteiger partial charge < -0.3 is 15.3 Å². The third-order valence-corrected chi connectivity index (χ3v) is 5.47. The molecule has 1 aliphatic carbocycles. The van der Waals surface area contributed by atoms with E-state index in [2.05, 4.69) is 5.32 Å². The van der Waals surface area contributed by atoms with Crippen LogP contribution in [-0.4, -0.2) is 57.9 Å². The molecule has 0 aromatic heterocycles. The summed E-state index contributed by atoms with van der Waals surface area (Å²) in [5, 5.41) is 11.8. The van der Waals surface area contributed by atoms with Crippen molar-refractivity contribution >= 4 is 23.8 Å². The predicted octanol–water partition coefficient (Wildman–Crippen LogP) is 1.53. The second kappa shape index (κ2) is 7.38. The standard InChI is InChI=1S/C19H23N3O5/c1-21-18(27)22(17(26)19(21)10-6-3-7-11-19)12-14(23)20-15(16(24)25)13-8-4-2-5-9-13/h2,4-5,8-9,15H,3,6-7,10-12H2,1H3,(H,20,23)(H,24,25)/t15-/m0/s1. The highest BCUT2D eigenvalue weighted by Crippen LogP contribution is 2.39. The van der Waals surface area contributed by atoms with Gasteiger partial charge in [0.2, 0.25) is 5.91 Å². The van der Waals surface area contributed by atoms with Crippen molar-refractivity contribution in [2.24, 2.45) is 0 Å². The second-order valence-corrected chi connectivity index (χ2v) is 7.07. The first-order chi connectivity index (χ1) is 12.9. The highest BCUT2D eigenvalue weighted by molar-refractivity contribution is 6.09. The monoisotopic (exact) mass is 373 g/mol. The molecule has 144 valence electrons. The second-order valence-electron chi connectivity index (χ2n) is 7.07. The number of urea groups is 1. The first-order valence-electron chi connectivity index (χ1n) is 9.04. The average molecular weight is 373 g/mol. The minimum atomic E-state index is -1.24. The van der Waals surface area contributed by atoms with Gasteiger partial charge in [-0.15, -0.1) is 0 Å². The first kappa shape index (κ1) is 18.9. The van der Waals surface area contributed by atoms with E-state index in [9.17, 15) is 24.3 Å². The summed E-state index contributed by atoms with van der Waals surface area (Å²) in [5.74, 6) is -2.26. The van der Waals surface area contributed by atoms with Crippen molar-refractivity contribution in [1.82, 2.24) is 15.1 Å². The van der Waals surface area contributed by atoms with Crippen molar-refractivity contribution in [3.8, 4) is 0 Å². The number of carbonyl (C=O) groups excluding carboxylic acids is 3. The Bertz CT molecular complexity index is 758. The fourth-order valence-corrected chi connectivity index (χ4v) is 3.95. The molecule has 8 nitrogen and oxygen atoms in total. The highest BCUT2D eigenvalue weighted by atomic mass is 16.4. The van der Waals surface area contributed by atoms with Gasteiger partial charge >= 0.3 is 12.0 Å². The lowest BCUT2D eigenvalue weighted by Crippen LogP contribution is -2.49. The van der Waals surface area contributed by atoms with Crippen molar-refractivity contribution in [2.75, 3.05) is 13.6 Å². The molecule has 1 aromatic rings. The van der Waals surface area contributed by atoms with E-state index in [1.165, 1.54) is 4.90 Å². The molecule has 1 saturated carbocycles. The van der Waals surface area contributed by atoms with Crippen molar-refractivity contribution in [2.45, 2.75) is 43.7 Å². The first-order valence-corrected chi connectivity index (χ1v) is 9.04. The number of carboxylic acid groups (broad SMARTS) is 1. The molecule has 2 fully saturated rings. The number of carbonyl (C=O) groups is 4. The quantitative estimate of drug-likeness (QED) is 0.761. The molecule has 3 rings (SSSR count). The molecule has 27 heavy (non-hydrogen) atoms. The number of hydrogen-bond acceptors (Lipinski definition) is 4. The molecule has 1 heterocycles. The van der Waals surface area contributed by atoms with E-state index in [1.54, 1.807) is 37.4 Å². The molecular weight excluding hydrogens is 350 g/mol. The Hall–Kier alpha value is -2.90. The maximum Gasteiger partial charge on any atom is 0.330 e. The van der Waals surface area contributed by atoms with Crippen LogP contribution in [0, 0.1) is 0 Å². The van der Waals surface area contributed by atoms with Crippen LogP contribution in [0.4, 0.5) is 4.79 Å². The van der Waals surface area contributed by atoms with Crippen molar-refractivity contribution in [1.29, 1.82) is 0 Å². The van der Waals surface area contributed by atoms with E-state index < -0.39 is 36.0 Å². The van der Waals surface area contributed by atoms with Crippen molar-refractivity contribution in [3.63, 3.8) is 0 Å². The van der Waals surface area contributed by atoms with Crippen LogP contribution in [0.2, 0.25) is 0 Å². The Balaban J connectivity index is 1.72. The maximum absolute atomic E-state index is 12.9. The van der Waals surface area contributed by atoms with Crippen LogP contribution in [0.1, 0.15) is 43.7 Å². The number of carboxylic acids is 1. The number of hydrogen-bond donors (Lipinski definition) is 2. The lowest BCUT2D eigenvalue weighted by Gasteiger charge is -2.35.